The summed E-state index contributed by atoms with van der Waals surface area (Å²) in [7, 11) is 2.58. The van der Waals surface area contributed by atoms with Gasteiger partial charge in [0, 0.05) is 13.0 Å². The summed E-state index contributed by atoms with van der Waals surface area (Å²) in [5.41, 5.74) is -1.18. The van der Waals surface area contributed by atoms with Crippen LogP contribution in [0, 0.1) is 29.1 Å². The lowest BCUT2D eigenvalue weighted by Crippen LogP contribution is -2.49. The zero-order valence-corrected chi connectivity index (χ0v) is 28.3. The molecule has 6 unspecified atom stereocenters. The Morgan fingerprint density at radius 1 is 0.980 bits per heavy atom. The molecule has 50 heavy (non-hydrogen) atoms. The van der Waals surface area contributed by atoms with E-state index in [4.69, 9.17) is 27.9 Å². The predicted molar refractivity (Wildman–Crippen MR) is 175 cm³/mol. The van der Waals surface area contributed by atoms with Gasteiger partial charge < -0.3 is 9.84 Å². The van der Waals surface area contributed by atoms with Gasteiger partial charge in [-0.1, -0.05) is 53.1 Å². The number of para-hydroxylation sites is 1. The molecule has 7 rings (SSSR count). The number of carbonyl (C=O) groups is 4. The van der Waals surface area contributed by atoms with E-state index in [9.17, 15) is 37.5 Å². The molecule has 3 fully saturated rings. The van der Waals surface area contributed by atoms with Crippen molar-refractivity contribution in [1.82, 2.24) is 9.99 Å². The first kappa shape index (κ1) is 33.9. The van der Waals surface area contributed by atoms with Gasteiger partial charge in [-0.25, -0.2) is 9.88 Å². The molecular weight excluding hydrogens is 700 g/mol. The molecule has 4 aliphatic rings. The number of aromatic hydroxyl groups is 1. The molecule has 2 aliphatic carbocycles. The molecule has 6 atom stereocenters. The highest BCUT2D eigenvalue weighted by Gasteiger charge is 2.68. The van der Waals surface area contributed by atoms with E-state index in [1.54, 1.807) is 43.3 Å². The van der Waals surface area contributed by atoms with E-state index in [2.05, 4.69) is 4.98 Å². The Balaban J connectivity index is 1.34. The monoisotopic (exact) mass is 728 g/mol. The van der Waals surface area contributed by atoms with Gasteiger partial charge in [0.05, 0.1) is 46.0 Å². The second-order valence-electron chi connectivity index (χ2n) is 13.1. The third-order valence-corrected chi connectivity index (χ3v) is 11.2. The van der Waals surface area contributed by atoms with Gasteiger partial charge in [0.1, 0.15) is 5.69 Å². The van der Waals surface area contributed by atoms with E-state index >= 15 is 0 Å². The van der Waals surface area contributed by atoms with Crippen LogP contribution in [-0.2, 0) is 25.4 Å². The number of methoxy groups -OCH3 is 1. The number of alkyl halides is 3. The summed E-state index contributed by atoms with van der Waals surface area (Å²) < 4.78 is 46.1. The van der Waals surface area contributed by atoms with Gasteiger partial charge in [-0.2, -0.15) is 18.2 Å². The number of halogens is 5. The Kier molecular flexibility index (Phi) is 7.94. The number of fused-ring (bicyclic) bond motifs is 4. The van der Waals surface area contributed by atoms with E-state index in [-0.39, 0.29) is 34.4 Å². The van der Waals surface area contributed by atoms with Crippen molar-refractivity contribution < 1.29 is 42.2 Å². The number of hydrogen-bond acceptors (Lipinski definition) is 8. The molecule has 15 heteroatoms. The lowest BCUT2D eigenvalue weighted by molar-refractivity contribution is -0.141. The number of rotatable bonds is 5. The van der Waals surface area contributed by atoms with Gasteiger partial charge in [0.2, 0.25) is 11.8 Å². The van der Waals surface area contributed by atoms with E-state index in [0.29, 0.717) is 22.9 Å². The van der Waals surface area contributed by atoms with Crippen LogP contribution in [0.5, 0.6) is 11.5 Å². The second kappa shape index (κ2) is 11.7. The largest absolute Gasteiger partial charge is 0.503 e. The molecule has 10 nitrogen and oxygen atoms in total. The van der Waals surface area contributed by atoms with Gasteiger partial charge in [-0.15, -0.1) is 0 Å². The SMILES string of the molecule is COc1cc(C2C3=CCC4C(=O)N(N(C)c5nc(C(F)(F)F)ccc5Cl)C(=O)C4C3CC3C(=O)N(c4ccccc4)C(=O)C32C)cc(Cl)c1O. The summed E-state index contributed by atoms with van der Waals surface area (Å²) in [6.07, 6.45) is -2.90. The molecule has 1 aromatic heterocycles. The summed E-state index contributed by atoms with van der Waals surface area (Å²) in [4.78, 5) is 61.9. The van der Waals surface area contributed by atoms with Crippen LogP contribution >= 0.6 is 23.2 Å². The fourth-order valence-corrected chi connectivity index (χ4v) is 8.77. The third-order valence-electron chi connectivity index (χ3n) is 10.6. The van der Waals surface area contributed by atoms with Crippen LogP contribution in [0.25, 0.3) is 0 Å². The predicted octanol–water partition coefficient (Wildman–Crippen LogP) is 6.40. The molecule has 0 spiro atoms. The number of phenols is 1. The quantitative estimate of drug-likeness (QED) is 0.237. The highest BCUT2D eigenvalue weighted by molar-refractivity contribution is 6.33. The Labute approximate surface area is 294 Å². The number of anilines is 2. The third kappa shape index (κ3) is 4.80. The molecule has 3 heterocycles. The molecular formula is C35H29Cl2F3N4O6. The molecule has 2 aliphatic heterocycles. The topological polar surface area (TPSA) is 120 Å². The molecule has 3 aromatic rings. The van der Waals surface area contributed by atoms with Crippen molar-refractivity contribution in [2.24, 2.45) is 29.1 Å². The number of allylic oxidation sites excluding steroid dienone is 2. The van der Waals surface area contributed by atoms with E-state index in [0.717, 1.165) is 21.0 Å². The first-order valence-corrected chi connectivity index (χ1v) is 16.4. The Morgan fingerprint density at radius 2 is 1.68 bits per heavy atom. The van der Waals surface area contributed by atoms with Crippen LogP contribution in [0.4, 0.5) is 24.7 Å². The lowest BCUT2D eigenvalue weighted by Gasteiger charge is -2.49. The minimum atomic E-state index is -4.81. The average molecular weight is 730 g/mol. The molecule has 0 radical (unpaired) electrons. The van der Waals surface area contributed by atoms with Gasteiger partial charge in [0.15, 0.2) is 17.3 Å². The first-order valence-electron chi connectivity index (χ1n) is 15.7. The molecule has 1 N–H and O–H groups in total. The van der Waals surface area contributed by atoms with E-state index in [1.807, 2.05) is 0 Å². The highest BCUT2D eigenvalue weighted by atomic mass is 35.5. The maximum absolute atomic E-state index is 14.5. The molecule has 4 amide bonds. The fraction of sp³-hybridized carbons (Fsp3) is 0.343. The number of carbonyl (C=O) groups excluding carboxylic acids is 4. The fourth-order valence-electron chi connectivity index (χ4n) is 8.32. The Hall–Kier alpha value is -4.62. The molecule has 2 saturated heterocycles. The second-order valence-corrected chi connectivity index (χ2v) is 13.9. The number of nitrogens with zero attached hydrogens (tertiary/aromatic N) is 4. The van der Waals surface area contributed by atoms with Crippen molar-refractivity contribution in [2.45, 2.75) is 31.9 Å². The number of phenolic OH excluding ortho intramolecular Hbond substituents is 1. The summed E-state index contributed by atoms with van der Waals surface area (Å²) in [5.74, 6) is -7.49. The van der Waals surface area contributed by atoms with Crippen LogP contribution in [-0.4, -0.2) is 52.9 Å². The maximum atomic E-state index is 14.5. The Morgan fingerprint density at radius 3 is 2.34 bits per heavy atom. The smallest absolute Gasteiger partial charge is 0.433 e. The highest BCUT2D eigenvalue weighted by Crippen LogP contribution is 2.64. The zero-order chi connectivity index (χ0) is 36.0. The number of hydrogen-bond donors (Lipinski definition) is 1. The van der Waals surface area contributed by atoms with Gasteiger partial charge >= 0.3 is 6.18 Å². The van der Waals surface area contributed by atoms with Crippen LogP contribution in [0.1, 0.15) is 36.9 Å². The minimum Gasteiger partial charge on any atom is -0.503 e. The summed E-state index contributed by atoms with van der Waals surface area (Å²) in [6, 6.07) is 13.2. The number of imide groups is 2. The van der Waals surface area contributed by atoms with E-state index < -0.39 is 76.3 Å². The number of pyridine rings is 1. The zero-order valence-electron chi connectivity index (χ0n) is 26.7. The molecule has 0 bridgehead atoms. The first-order chi connectivity index (χ1) is 23.6. The van der Waals surface area contributed by atoms with Crippen LogP contribution < -0.4 is 14.6 Å². The van der Waals surface area contributed by atoms with Crippen molar-refractivity contribution in [3.8, 4) is 11.5 Å². The number of aromatic nitrogens is 1. The van der Waals surface area contributed by atoms with Gasteiger partial charge in [-0.05, 0) is 67.6 Å². The summed E-state index contributed by atoms with van der Waals surface area (Å²) in [5, 5.41) is 12.0. The van der Waals surface area contributed by atoms with Crippen LogP contribution in [0.3, 0.4) is 0 Å². The lowest BCUT2D eigenvalue weighted by atomic mass is 9.51. The van der Waals surface area contributed by atoms with Crippen LogP contribution in [0.15, 0.2) is 66.2 Å². The standard InChI is InChI=1S/C35H29Cl2F3N4O6/c1-34-21(31(47)43(33(34)49)17-7-5-4-6-8-17)15-20-18(27(34)16-13-23(37)28(45)24(14-16)50-3)9-10-19-26(20)32(48)44(30(19)46)42(2)29-22(36)11-12-25(41-29)35(38,39)40/h4-9,11-14,19-21,26-27,45H,10,15H2,1-3H3. The summed E-state index contributed by atoms with van der Waals surface area (Å²) in [6.45, 7) is 1.70. The van der Waals surface area contributed by atoms with Crippen molar-refractivity contribution in [2.75, 3.05) is 24.1 Å². The van der Waals surface area contributed by atoms with E-state index in [1.165, 1.54) is 26.3 Å². The van der Waals surface area contributed by atoms with Crippen molar-refractivity contribution >= 4 is 58.3 Å². The normalized spacial score (nSPS) is 27.6. The van der Waals surface area contributed by atoms with Crippen molar-refractivity contribution in [1.29, 1.82) is 0 Å². The Bertz CT molecular complexity index is 2010. The minimum absolute atomic E-state index is 0.0335. The number of ether oxygens (including phenoxy) is 1. The summed E-state index contributed by atoms with van der Waals surface area (Å²) >= 11 is 12.7. The number of benzene rings is 2. The van der Waals surface area contributed by atoms with Crippen molar-refractivity contribution in [3.63, 3.8) is 0 Å². The number of hydrazine groups is 1. The molecule has 2 aromatic carbocycles. The number of amides is 4. The molecule has 1 saturated carbocycles. The molecule has 260 valence electrons. The van der Waals surface area contributed by atoms with Gasteiger partial charge in [-0.3, -0.25) is 24.2 Å². The average Bonchev–Trinajstić information content (AvgIpc) is 3.45. The van der Waals surface area contributed by atoms with Crippen LogP contribution in [0.2, 0.25) is 10.0 Å². The van der Waals surface area contributed by atoms with Crippen molar-refractivity contribution in [3.05, 3.63) is 87.5 Å². The van der Waals surface area contributed by atoms with Gasteiger partial charge in [0.25, 0.3) is 11.8 Å². The maximum Gasteiger partial charge on any atom is 0.433 e.